The molecule has 2 nitrogen and oxygen atoms in total. The fourth-order valence-electron chi connectivity index (χ4n) is 4.16. The largest absolute Gasteiger partial charge is 0.369 e. The molecule has 0 aliphatic carbocycles. The Hall–Kier alpha value is -2.32. The molecule has 1 atom stereocenters. The third kappa shape index (κ3) is 3.23. The van der Waals surface area contributed by atoms with E-state index in [9.17, 15) is 0 Å². The van der Waals surface area contributed by atoms with Gasteiger partial charge in [0, 0.05) is 35.4 Å². The second kappa shape index (κ2) is 6.69. The highest BCUT2D eigenvalue weighted by molar-refractivity contribution is 6.33. The van der Waals surface area contributed by atoms with E-state index < -0.39 is 0 Å². The van der Waals surface area contributed by atoms with Crippen LogP contribution in [0, 0.1) is 0 Å². The van der Waals surface area contributed by atoms with Crippen LogP contribution in [0.2, 0.25) is 5.02 Å². The maximum atomic E-state index is 6.63. The lowest BCUT2D eigenvalue weighted by Crippen LogP contribution is -2.45. The number of nitrogens with zero attached hydrogens (tertiary/aromatic N) is 2. The number of anilines is 1. The first kappa shape index (κ1) is 18.1. The predicted molar refractivity (Wildman–Crippen MR) is 118 cm³/mol. The lowest BCUT2D eigenvalue weighted by atomic mass is 9.80. The SMILES string of the molecule is CC1CC(C)(C)N(C)c2cc(Cl)c(C=Nc3cccc4ccccc34)cc21. The lowest BCUT2D eigenvalue weighted by Gasteiger charge is -2.45. The van der Waals surface area contributed by atoms with Gasteiger partial charge >= 0.3 is 0 Å². The molecule has 1 aliphatic rings. The van der Waals surface area contributed by atoms with Crippen molar-refractivity contribution in [3.63, 3.8) is 0 Å². The number of aliphatic imine (C=N–C) groups is 1. The summed E-state index contributed by atoms with van der Waals surface area (Å²) in [5, 5.41) is 3.09. The zero-order valence-corrected chi connectivity index (χ0v) is 17.1. The average molecular weight is 377 g/mol. The number of rotatable bonds is 2. The Bertz CT molecular complexity index is 1030. The van der Waals surface area contributed by atoms with Gasteiger partial charge in [-0.1, -0.05) is 54.9 Å². The van der Waals surface area contributed by atoms with Crippen LogP contribution in [0.25, 0.3) is 10.8 Å². The number of halogens is 1. The normalized spacial score (nSPS) is 18.9. The van der Waals surface area contributed by atoms with E-state index in [1.165, 1.54) is 16.6 Å². The van der Waals surface area contributed by atoms with Gasteiger partial charge in [-0.25, -0.2) is 0 Å². The number of fused-ring (bicyclic) bond motifs is 2. The molecule has 3 aromatic carbocycles. The zero-order chi connectivity index (χ0) is 19.2. The smallest absolute Gasteiger partial charge is 0.0708 e. The van der Waals surface area contributed by atoms with Crippen LogP contribution in [0.3, 0.4) is 0 Å². The minimum Gasteiger partial charge on any atom is -0.369 e. The minimum atomic E-state index is 0.133. The molecule has 0 radical (unpaired) electrons. The molecule has 4 rings (SSSR count). The van der Waals surface area contributed by atoms with Crippen molar-refractivity contribution in [2.75, 3.05) is 11.9 Å². The van der Waals surface area contributed by atoms with Crippen molar-refractivity contribution in [3.05, 3.63) is 70.7 Å². The van der Waals surface area contributed by atoms with Gasteiger partial charge in [0.15, 0.2) is 0 Å². The van der Waals surface area contributed by atoms with E-state index in [4.69, 9.17) is 16.6 Å². The first-order valence-electron chi connectivity index (χ1n) is 9.46. The Kier molecular flexibility index (Phi) is 4.47. The van der Waals surface area contributed by atoms with Gasteiger partial charge in [0.2, 0.25) is 0 Å². The van der Waals surface area contributed by atoms with E-state index in [0.29, 0.717) is 5.92 Å². The Balaban J connectivity index is 1.75. The summed E-state index contributed by atoms with van der Waals surface area (Å²) in [5.74, 6) is 0.494. The Morgan fingerprint density at radius 3 is 2.67 bits per heavy atom. The molecule has 3 aromatic rings. The molecule has 3 heteroatoms. The second-order valence-corrected chi connectivity index (χ2v) is 8.57. The summed E-state index contributed by atoms with van der Waals surface area (Å²) in [6, 6.07) is 18.8. The predicted octanol–water partition coefficient (Wildman–Crippen LogP) is 6.97. The van der Waals surface area contributed by atoms with Gasteiger partial charge in [0.25, 0.3) is 0 Å². The van der Waals surface area contributed by atoms with Gasteiger partial charge in [-0.3, -0.25) is 4.99 Å². The molecule has 27 heavy (non-hydrogen) atoms. The van der Waals surface area contributed by atoms with Crippen LogP contribution < -0.4 is 4.90 Å². The van der Waals surface area contributed by atoms with Gasteiger partial charge in [0.05, 0.1) is 10.7 Å². The molecule has 138 valence electrons. The van der Waals surface area contributed by atoms with E-state index in [2.05, 4.69) is 69.1 Å². The van der Waals surface area contributed by atoms with Crippen LogP contribution in [-0.4, -0.2) is 18.8 Å². The van der Waals surface area contributed by atoms with E-state index in [-0.39, 0.29) is 5.54 Å². The first-order chi connectivity index (χ1) is 12.9. The van der Waals surface area contributed by atoms with Crippen LogP contribution in [-0.2, 0) is 0 Å². The highest BCUT2D eigenvalue weighted by Crippen LogP contribution is 2.44. The molecule has 0 saturated heterocycles. The molecule has 1 unspecified atom stereocenters. The fourth-order valence-corrected chi connectivity index (χ4v) is 4.37. The lowest BCUT2D eigenvalue weighted by molar-refractivity contribution is 0.395. The standard InChI is InChI=1S/C24H25ClN2/c1-16-14-24(2,3)27(4)23-13-21(25)18(12-20(16)23)15-26-22-11-7-9-17-8-5-6-10-19(17)22/h5-13,15-16H,14H2,1-4H3. The third-order valence-electron chi connectivity index (χ3n) is 5.86. The molecule has 0 bridgehead atoms. The molecule has 0 N–H and O–H groups in total. The van der Waals surface area contributed by atoms with Crippen LogP contribution in [0.5, 0.6) is 0 Å². The van der Waals surface area contributed by atoms with Crippen molar-refractivity contribution in [3.8, 4) is 0 Å². The molecule has 0 spiro atoms. The quantitative estimate of drug-likeness (QED) is 0.441. The summed E-state index contributed by atoms with van der Waals surface area (Å²) in [6.07, 6.45) is 3.02. The highest BCUT2D eigenvalue weighted by Gasteiger charge is 2.34. The summed E-state index contributed by atoms with van der Waals surface area (Å²) in [4.78, 5) is 7.11. The van der Waals surface area contributed by atoms with Crippen molar-refractivity contribution in [2.45, 2.75) is 38.6 Å². The molecule has 1 aliphatic heterocycles. The minimum absolute atomic E-state index is 0.133. The van der Waals surface area contributed by atoms with Crippen LogP contribution in [0.1, 0.15) is 44.2 Å². The van der Waals surface area contributed by atoms with Crippen LogP contribution in [0.4, 0.5) is 11.4 Å². The zero-order valence-electron chi connectivity index (χ0n) is 16.3. The van der Waals surface area contributed by atoms with E-state index in [0.717, 1.165) is 28.1 Å². The summed E-state index contributed by atoms with van der Waals surface area (Å²) < 4.78 is 0. The first-order valence-corrected chi connectivity index (χ1v) is 9.84. The second-order valence-electron chi connectivity index (χ2n) is 8.17. The summed E-state index contributed by atoms with van der Waals surface area (Å²) in [6.45, 7) is 6.87. The van der Waals surface area contributed by atoms with Crippen molar-refractivity contribution in [2.24, 2.45) is 4.99 Å². The molecule has 0 saturated carbocycles. The average Bonchev–Trinajstić information content (AvgIpc) is 2.64. The molecule has 0 fully saturated rings. The van der Waals surface area contributed by atoms with Crippen molar-refractivity contribution in [1.29, 1.82) is 0 Å². The Labute approximate surface area is 166 Å². The maximum Gasteiger partial charge on any atom is 0.0708 e. The van der Waals surface area contributed by atoms with Crippen LogP contribution >= 0.6 is 11.6 Å². The maximum absolute atomic E-state index is 6.63. The van der Waals surface area contributed by atoms with E-state index in [1.807, 2.05) is 24.4 Å². The molecular formula is C24H25ClN2. The van der Waals surface area contributed by atoms with Gasteiger partial charge in [-0.15, -0.1) is 0 Å². The monoisotopic (exact) mass is 376 g/mol. The summed E-state index contributed by atoms with van der Waals surface area (Å²) >= 11 is 6.63. The molecule has 1 heterocycles. The Morgan fingerprint density at radius 2 is 1.85 bits per heavy atom. The van der Waals surface area contributed by atoms with Gasteiger partial charge in [-0.05, 0) is 55.3 Å². The van der Waals surface area contributed by atoms with Gasteiger partial charge in [-0.2, -0.15) is 0 Å². The summed E-state index contributed by atoms with van der Waals surface area (Å²) in [7, 11) is 2.16. The highest BCUT2D eigenvalue weighted by atomic mass is 35.5. The molecule has 0 amide bonds. The van der Waals surface area contributed by atoms with Crippen LogP contribution in [0.15, 0.2) is 59.6 Å². The molecular weight excluding hydrogens is 352 g/mol. The van der Waals surface area contributed by atoms with E-state index >= 15 is 0 Å². The van der Waals surface area contributed by atoms with Crippen molar-refractivity contribution >= 4 is 40.0 Å². The Morgan fingerprint density at radius 1 is 1.11 bits per heavy atom. The number of benzene rings is 3. The van der Waals surface area contributed by atoms with Gasteiger partial charge < -0.3 is 4.90 Å². The third-order valence-corrected chi connectivity index (χ3v) is 6.19. The van der Waals surface area contributed by atoms with Crippen molar-refractivity contribution < 1.29 is 0 Å². The fraction of sp³-hybridized carbons (Fsp3) is 0.292. The summed E-state index contributed by atoms with van der Waals surface area (Å²) in [5.41, 5.74) is 4.65. The van der Waals surface area contributed by atoms with Gasteiger partial charge in [0.1, 0.15) is 0 Å². The van der Waals surface area contributed by atoms with E-state index in [1.54, 1.807) is 0 Å². The molecule has 0 aromatic heterocycles. The topological polar surface area (TPSA) is 15.6 Å². The number of hydrogen-bond donors (Lipinski definition) is 0. The number of hydrogen-bond acceptors (Lipinski definition) is 2. The van der Waals surface area contributed by atoms with Crippen molar-refractivity contribution in [1.82, 2.24) is 0 Å².